The molecule has 1 unspecified atom stereocenters. The number of benzene rings is 1. The molecule has 2 amide bonds. The molecule has 0 aliphatic heterocycles. The molecule has 6 heteroatoms. The zero-order valence-corrected chi connectivity index (χ0v) is 11.3. The average molecular weight is 288 g/mol. The smallest absolute Gasteiger partial charge is 0.315 e. The third-order valence-electron chi connectivity index (χ3n) is 3.00. The lowest BCUT2D eigenvalue weighted by Gasteiger charge is -2.14. The topological polar surface area (TPSA) is 91.6 Å². The van der Waals surface area contributed by atoms with E-state index in [1.807, 2.05) is 6.07 Å². The summed E-state index contributed by atoms with van der Waals surface area (Å²) < 4.78 is 4.88. The minimum Gasteiger partial charge on any atom is -0.481 e. The number of carboxylic acid groups (broad SMARTS) is 1. The number of rotatable bonds is 6. The molecule has 110 valence electrons. The molecule has 0 fully saturated rings. The molecular formula is C15H16N2O4. The van der Waals surface area contributed by atoms with Crippen LogP contribution in [-0.4, -0.2) is 23.7 Å². The van der Waals surface area contributed by atoms with Gasteiger partial charge in [0.1, 0.15) is 0 Å². The van der Waals surface area contributed by atoms with Crippen molar-refractivity contribution in [1.82, 2.24) is 10.6 Å². The van der Waals surface area contributed by atoms with E-state index in [9.17, 15) is 14.7 Å². The first-order chi connectivity index (χ1) is 10.2. The number of furan rings is 1. The van der Waals surface area contributed by atoms with E-state index in [2.05, 4.69) is 10.6 Å². The number of urea groups is 1. The summed E-state index contributed by atoms with van der Waals surface area (Å²) in [5.74, 6) is -1.75. The van der Waals surface area contributed by atoms with E-state index >= 15 is 0 Å². The van der Waals surface area contributed by atoms with Crippen LogP contribution in [-0.2, 0) is 11.3 Å². The van der Waals surface area contributed by atoms with Gasteiger partial charge in [0.2, 0.25) is 0 Å². The van der Waals surface area contributed by atoms with Crippen LogP contribution in [0.3, 0.4) is 0 Å². The van der Waals surface area contributed by atoms with E-state index < -0.39 is 17.9 Å². The summed E-state index contributed by atoms with van der Waals surface area (Å²) in [4.78, 5) is 22.9. The van der Waals surface area contributed by atoms with Gasteiger partial charge in [-0.15, -0.1) is 0 Å². The van der Waals surface area contributed by atoms with Gasteiger partial charge in [-0.2, -0.15) is 0 Å². The summed E-state index contributed by atoms with van der Waals surface area (Å²) in [5, 5.41) is 14.4. The number of hydrogen-bond donors (Lipinski definition) is 3. The SMILES string of the molecule is O=C(NCc1ccoc1)NCC(C(=O)O)c1ccccc1. The molecule has 1 atom stereocenters. The molecule has 2 rings (SSSR count). The summed E-state index contributed by atoms with van der Waals surface area (Å²) in [6, 6.07) is 10.1. The molecule has 0 spiro atoms. The summed E-state index contributed by atoms with van der Waals surface area (Å²) in [6.45, 7) is 0.349. The second-order valence-electron chi connectivity index (χ2n) is 4.50. The van der Waals surface area contributed by atoms with Crippen LogP contribution in [0.15, 0.2) is 53.3 Å². The fourth-order valence-electron chi connectivity index (χ4n) is 1.87. The largest absolute Gasteiger partial charge is 0.481 e. The molecule has 3 N–H and O–H groups in total. The third kappa shape index (κ3) is 4.38. The standard InChI is InChI=1S/C15H16N2O4/c18-14(19)13(12-4-2-1-3-5-12)9-17-15(20)16-8-11-6-7-21-10-11/h1-7,10,13H,8-9H2,(H,18,19)(H2,16,17,20). The molecule has 1 heterocycles. The van der Waals surface area contributed by atoms with Crippen molar-refractivity contribution in [3.8, 4) is 0 Å². The quantitative estimate of drug-likeness (QED) is 0.757. The molecule has 0 bridgehead atoms. The highest BCUT2D eigenvalue weighted by Gasteiger charge is 2.20. The Kier molecular flexibility index (Phi) is 4.98. The Labute approximate surface area is 121 Å². The third-order valence-corrected chi connectivity index (χ3v) is 3.00. The van der Waals surface area contributed by atoms with E-state index in [-0.39, 0.29) is 6.54 Å². The van der Waals surface area contributed by atoms with Gasteiger partial charge in [0, 0.05) is 18.7 Å². The van der Waals surface area contributed by atoms with E-state index in [4.69, 9.17) is 4.42 Å². The molecule has 0 saturated heterocycles. The van der Waals surface area contributed by atoms with Crippen molar-refractivity contribution < 1.29 is 19.1 Å². The summed E-state index contributed by atoms with van der Waals surface area (Å²) in [5.41, 5.74) is 1.49. The minimum absolute atomic E-state index is 0.0244. The van der Waals surface area contributed by atoms with Crippen molar-refractivity contribution in [2.45, 2.75) is 12.5 Å². The van der Waals surface area contributed by atoms with Gasteiger partial charge in [-0.3, -0.25) is 4.79 Å². The van der Waals surface area contributed by atoms with Crippen molar-refractivity contribution in [2.24, 2.45) is 0 Å². The molecule has 21 heavy (non-hydrogen) atoms. The summed E-state index contributed by atoms with van der Waals surface area (Å²) in [7, 11) is 0. The van der Waals surface area contributed by atoms with Crippen LogP contribution in [0, 0.1) is 0 Å². The van der Waals surface area contributed by atoms with Crippen LogP contribution in [0.1, 0.15) is 17.0 Å². The first-order valence-corrected chi connectivity index (χ1v) is 6.47. The number of amides is 2. The van der Waals surface area contributed by atoms with Gasteiger partial charge in [-0.25, -0.2) is 4.79 Å². The zero-order valence-electron chi connectivity index (χ0n) is 11.3. The minimum atomic E-state index is -0.976. The number of carboxylic acids is 1. The first-order valence-electron chi connectivity index (χ1n) is 6.47. The Hall–Kier alpha value is -2.76. The summed E-state index contributed by atoms with van der Waals surface area (Å²) >= 11 is 0. The Morgan fingerprint density at radius 1 is 1.14 bits per heavy atom. The fourth-order valence-corrected chi connectivity index (χ4v) is 1.87. The van der Waals surface area contributed by atoms with Gasteiger partial charge in [-0.05, 0) is 11.6 Å². The molecule has 1 aromatic heterocycles. The lowest BCUT2D eigenvalue weighted by Crippen LogP contribution is -2.38. The van der Waals surface area contributed by atoms with Crippen molar-refractivity contribution >= 4 is 12.0 Å². The van der Waals surface area contributed by atoms with E-state index in [0.717, 1.165) is 5.56 Å². The van der Waals surface area contributed by atoms with E-state index in [1.54, 1.807) is 30.3 Å². The number of hydrogen-bond acceptors (Lipinski definition) is 3. The Balaban J connectivity index is 1.84. The molecule has 2 aromatic rings. The predicted octanol–water partition coefficient (Wildman–Crippen LogP) is 1.95. The number of carbonyl (C=O) groups is 2. The van der Waals surface area contributed by atoms with Crippen LogP contribution in [0.4, 0.5) is 4.79 Å². The highest BCUT2D eigenvalue weighted by Crippen LogP contribution is 2.14. The molecule has 0 radical (unpaired) electrons. The van der Waals surface area contributed by atoms with Crippen molar-refractivity contribution in [3.63, 3.8) is 0 Å². The van der Waals surface area contributed by atoms with Crippen LogP contribution in [0.5, 0.6) is 0 Å². The maximum Gasteiger partial charge on any atom is 0.315 e. The van der Waals surface area contributed by atoms with Gasteiger partial charge in [0.05, 0.1) is 18.4 Å². The second-order valence-corrected chi connectivity index (χ2v) is 4.50. The maximum absolute atomic E-state index is 11.7. The Bertz CT molecular complexity index is 581. The molecule has 0 saturated carbocycles. The van der Waals surface area contributed by atoms with Crippen LogP contribution < -0.4 is 10.6 Å². The van der Waals surface area contributed by atoms with Gasteiger partial charge >= 0.3 is 12.0 Å². The highest BCUT2D eigenvalue weighted by molar-refractivity contribution is 5.79. The van der Waals surface area contributed by atoms with Gasteiger partial charge < -0.3 is 20.2 Å². The van der Waals surface area contributed by atoms with Crippen molar-refractivity contribution in [1.29, 1.82) is 0 Å². The van der Waals surface area contributed by atoms with Crippen LogP contribution >= 0.6 is 0 Å². The lowest BCUT2D eigenvalue weighted by atomic mass is 9.99. The van der Waals surface area contributed by atoms with Gasteiger partial charge in [0.25, 0.3) is 0 Å². The number of aliphatic carboxylic acids is 1. The molecule has 1 aromatic carbocycles. The number of carbonyl (C=O) groups excluding carboxylic acids is 1. The molecule has 0 aliphatic carbocycles. The van der Waals surface area contributed by atoms with E-state index in [0.29, 0.717) is 12.1 Å². The van der Waals surface area contributed by atoms with Gasteiger partial charge in [-0.1, -0.05) is 30.3 Å². The first kappa shape index (κ1) is 14.6. The molecule has 6 nitrogen and oxygen atoms in total. The zero-order chi connectivity index (χ0) is 15.1. The average Bonchev–Trinajstić information content (AvgIpc) is 2.99. The lowest BCUT2D eigenvalue weighted by molar-refractivity contribution is -0.138. The maximum atomic E-state index is 11.7. The van der Waals surface area contributed by atoms with Gasteiger partial charge in [0.15, 0.2) is 0 Å². The van der Waals surface area contributed by atoms with Crippen LogP contribution in [0.25, 0.3) is 0 Å². The monoisotopic (exact) mass is 288 g/mol. The van der Waals surface area contributed by atoms with Crippen molar-refractivity contribution in [2.75, 3.05) is 6.54 Å². The predicted molar refractivity (Wildman–Crippen MR) is 75.8 cm³/mol. The normalized spacial score (nSPS) is 11.6. The highest BCUT2D eigenvalue weighted by atomic mass is 16.4. The van der Waals surface area contributed by atoms with Crippen molar-refractivity contribution in [3.05, 3.63) is 60.1 Å². The second kappa shape index (κ2) is 7.14. The molecule has 0 aliphatic rings. The summed E-state index contributed by atoms with van der Waals surface area (Å²) in [6.07, 6.45) is 3.05. The Morgan fingerprint density at radius 2 is 1.90 bits per heavy atom. The Morgan fingerprint density at radius 3 is 2.52 bits per heavy atom. The van der Waals surface area contributed by atoms with E-state index in [1.165, 1.54) is 12.5 Å². The van der Waals surface area contributed by atoms with Crippen LogP contribution in [0.2, 0.25) is 0 Å². The number of nitrogens with one attached hydrogen (secondary N) is 2. The fraction of sp³-hybridized carbons (Fsp3) is 0.200. The molecular weight excluding hydrogens is 272 g/mol.